The van der Waals surface area contributed by atoms with Crippen molar-refractivity contribution in [2.24, 2.45) is 0 Å². The van der Waals surface area contributed by atoms with Crippen LogP contribution >= 0.6 is 0 Å². The number of nitro benzene ring substituents is 1. The van der Waals surface area contributed by atoms with E-state index in [0.29, 0.717) is 11.3 Å². The van der Waals surface area contributed by atoms with Crippen LogP contribution in [-0.2, 0) is 14.3 Å². The maximum atomic E-state index is 12.1. The zero-order valence-electron chi connectivity index (χ0n) is 15.9. The molecule has 0 aliphatic heterocycles. The highest BCUT2D eigenvalue weighted by Gasteiger charge is 2.18. The number of benzene rings is 2. The lowest BCUT2D eigenvalue weighted by Gasteiger charge is -2.14. The molecule has 0 fully saturated rings. The summed E-state index contributed by atoms with van der Waals surface area (Å²) in [5, 5.41) is 13.2. The summed E-state index contributed by atoms with van der Waals surface area (Å²) in [5.74, 6) is -0.802. The number of Topliss-reactive ketones (excluding diaryl/α,β-unsaturated/α-hetero) is 1. The average Bonchev–Trinajstić information content (AvgIpc) is 2.68. The number of esters is 1. The molecule has 29 heavy (non-hydrogen) atoms. The van der Waals surface area contributed by atoms with Crippen LogP contribution in [0.5, 0.6) is 5.75 Å². The predicted molar refractivity (Wildman–Crippen MR) is 104 cm³/mol. The summed E-state index contributed by atoms with van der Waals surface area (Å²) in [7, 11) is 0. The summed E-state index contributed by atoms with van der Waals surface area (Å²) < 4.78 is 10.4. The lowest BCUT2D eigenvalue weighted by atomic mass is 10.1. The zero-order chi connectivity index (χ0) is 21.4. The van der Waals surface area contributed by atoms with Crippen LogP contribution in [0.25, 0.3) is 0 Å². The van der Waals surface area contributed by atoms with Gasteiger partial charge >= 0.3 is 5.97 Å². The minimum atomic E-state index is -1.09. The molecule has 152 valence electrons. The van der Waals surface area contributed by atoms with Crippen molar-refractivity contribution in [3.05, 3.63) is 64.2 Å². The summed E-state index contributed by atoms with van der Waals surface area (Å²) in [4.78, 5) is 45.4. The minimum absolute atomic E-state index is 0.0392. The van der Waals surface area contributed by atoms with Crippen molar-refractivity contribution in [3.8, 4) is 5.75 Å². The smallest absolute Gasteiger partial charge is 0.310 e. The molecule has 0 aromatic heterocycles. The molecule has 0 aliphatic rings. The topological polar surface area (TPSA) is 125 Å². The number of carbonyl (C=O) groups excluding carboxylic acids is 3. The largest absolute Gasteiger partial charge is 0.493 e. The number of nitrogens with zero attached hydrogens (tertiary/aromatic N) is 1. The van der Waals surface area contributed by atoms with E-state index >= 15 is 0 Å². The van der Waals surface area contributed by atoms with Gasteiger partial charge in [0.25, 0.3) is 11.6 Å². The van der Waals surface area contributed by atoms with Gasteiger partial charge in [-0.05, 0) is 44.2 Å². The molecular formula is C20H20N2O7. The number of rotatable bonds is 9. The van der Waals surface area contributed by atoms with Crippen LogP contribution in [0.2, 0.25) is 0 Å². The second kappa shape index (κ2) is 9.98. The van der Waals surface area contributed by atoms with Crippen LogP contribution in [0.4, 0.5) is 11.4 Å². The van der Waals surface area contributed by atoms with E-state index in [9.17, 15) is 24.5 Å². The van der Waals surface area contributed by atoms with Gasteiger partial charge in [-0.1, -0.05) is 6.07 Å². The molecule has 0 saturated heterocycles. The molecule has 0 bridgehead atoms. The molecule has 1 unspecified atom stereocenters. The molecule has 0 spiro atoms. The Balaban J connectivity index is 1.77. The SMILES string of the molecule is CC(=O)c1ccc(OCCC(=O)OC(C)C(=O)Nc2cccc([N+](=O)[O-])c2)cc1. The van der Waals surface area contributed by atoms with E-state index in [4.69, 9.17) is 9.47 Å². The quantitative estimate of drug-likeness (QED) is 0.297. The number of ketones is 1. The van der Waals surface area contributed by atoms with Crippen molar-refractivity contribution in [1.29, 1.82) is 0 Å². The maximum absolute atomic E-state index is 12.1. The van der Waals surface area contributed by atoms with E-state index in [1.54, 1.807) is 24.3 Å². The number of hydrogen-bond acceptors (Lipinski definition) is 7. The molecule has 9 nitrogen and oxygen atoms in total. The molecular weight excluding hydrogens is 380 g/mol. The third-order valence-electron chi connectivity index (χ3n) is 3.84. The Labute approximate surface area is 166 Å². The van der Waals surface area contributed by atoms with Crippen LogP contribution in [0.1, 0.15) is 30.6 Å². The second-order valence-corrected chi connectivity index (χ2v) is 6.11. The Morgan fingerprint density at radius 3 is 2.45 bits per heavy atom. The third kappa shape index (κ3) is 6.73. The van der Waals surface area contributed by atoms with Gasteiger partial charge in [-0.3, -0.25) is 24.5 Å². The first-order valence-corrected chi connectivity index (χ1v) is 8.75. The lowest BCUT2D eigenvalue weighted by Crippen LogP contribution is -2.30. The van der Waals surface area contributed by atoms with Crippen molar-refractivity contribution in [3.63, 3.8) is 0 Å². The fourth-order valence-electron chi connectivity index (χ4n) is 2.29. The Kier molecular flexibility index (Phi) is 7.41. The van der Waals surface area contributed by atoms with E-state index in [-0.39, 0.29) is 30.2 Å². The summed E-state index contributed by atoms with van der Waals surface area (Å²) >= 11 is 0. The van der Waals surface area contributed by atoms with Crippen molar-refractivity contribution in [1.82, 2.24) is 0 Å². The molecule has 0 heterocycles. The van der Waals surface area contributed by atoms with Gasteiger partial charge in [-0.15, -0.1) is 0 Å². The monoisotopic (exact) mass is 400 g/mol. The number of nitro groups is 1. The molecule has 1 N–H and O–H groups in total. The first-order chi connectivity index (χ1) is 13.8. The van der Waals surface area contributed by atoms with Gasteiger partial charge in [-0.2, -0.15) is 0 Å². The fraction of sp³-hybridized carbons (Fsp3) is 0.250. The van der Waals surface area contributed by atoms with Crippen molar-refractivity contribution >= 4 is 29.0 Å². The van der Waals surface area contributed by atoms with E-state index in [0.717, 1.165) is 0 Å². The van der Waals surface area contributed by atoms with Crippen LogP contribution in [0.15, 0.2) is 48.5 Å². The van der Waals surface area contributed by atoms with E-state index in [1.807, 2.05) is 0 Å². The lowest BCUT2D eigenvalue weighted by molar-refractivity contribution is -0.384. The number of non-ortho nitro benzene ring substituents is 1. The van der Waals surface area contributed by atoms with Gasteiger partial charge in [0.2, 0.25) is 0 Å². The maximum Gasteiger partial charge on any atom is 0.310 e. The third-order valence-corrected chi connectivity index (χ3v) is 3.84. The molecule has 1 amide bonds. The molecule has 1 atom stereocenters. The highest BCUT2D eigenvalue weighted by molar-refractivity contribution is 5.95. The fourth-order valence-corrected chi connectivity index (χ4v) is 2.29. The van der Waals surface area contributed by atoms with Gasteiger partial charge in [0.15, 0.2) is 11.9 Å². The Morgan fingerprint density at radius 2 is 1.83 bits per heavy atom. The molecule has 2 rings (SSSR count). The summed E-state index contributed by atoms with van der Waals surface area (Å²) in [5.41, 5.74) is 0.616. The van der Waals surface area contributed by atoms with Crippen LogP contribution in [0, 0.1) is 10.1 Å². The summed E-state index contributed by atoms with van der Waals surface area (Å²) in [6.07, 6.45) is -1.17. The zero-order valence-corrected chi connectivity index (χ0v) is 15.9. The Hall–Kier alpha value is -3.75. The van der Waals surface area contributed by atoms with E-state index in [2.05, 4.69) is 5.32 Å². The van der Waals surface area contributed by atoms with Gasteiger partial charge < -0.3 is 14.8 Å². The van der Waals surface area contributed by atoms with Gasteiger partial charge in [0.05, 0.1) is 18.0 Å². The van der Waals surface area contributed by atoms with Gasteiger partial charge in [0.1, 0.15) is 5.75 Å². The molecule has 0 radical (unpaired) electrons. The van der Waals surface area contributed by atoms with Crippen molar-refractivity contribution in [2.75, 3.05) is 11.9 Å². The number of carbonyl (C=O) groups is 3. The standard InChI is InChI=1S/C20H20N2O7/c1-13(23)15-6-8-18(9-7-15)28-11-10-19(24)29-14(2)20(25)21-16-4-3-5-17(12-16)22(26)27/h3-9,12,14H,10-11H2,1-2H3,(H,21,25). The van der Waals surface area contributed by atoms with E-state index < -0.39 is 22.9 Å². The minimum Gasteiger partial charge on any atom is -0.493 e. The van der Waals surface area contributed by atoms with Gasteiger partial charge in [-0.25, -0.2) is 0 Å². The summed E-state index contributed by atoms with van der Waals surface area (Å²) in [6, 6.07) is 11.9. The van der Waals surface area contributed by atoms with E-state index in [1.165, 1.54) is 38.1 Å². The Bertz CT molecular complexity index is 909. The second-order valence-electron chi connectivity index (χ2n) is 6.11. The highest BCUT2D eigenvalue weighted by atomic mass is 16.6. The number of nitrogens with one attached hydrogen (secondary N) is 1. The highest BCUT2D eigenvalue weighted by Crippen LogP contribution is 2.17. The number of anilines is 1. The normalized spacial score (nSPS) is 11.2. The van der Waals surface area contributed by atoms with Crippen molar-refractivity contribution < 1.29 is 28.8 Å². The van der Waals surface area contributed by atoms with Gasteiger partial charge in [0, 0.05) is 23.4 Å². The molecule has 2 aromatic carbocycles. The Morgan fingerprint density at radius 1 is 1.14 bits per heavy atom. The molecule has 2 aromatic rings. The van der Waals surface area contributed by atoms with Crippen LogP contribution in [0.3, 0.4) is 0 Å². The number of ether oxygens (including phenoxy) is 2. The van der Waals surface area contributed by atoms with Crippen LogP contribution < -0.4 is 10.1 Å². The number of hydrogen-bond donors (Lipinski definition) is 1. The number of amides is 1. The molecule has 0 aliphatic carbocycles. The predicted octanol–water partition coefficient (Wildman–Crippen LogP) is 3.14. The first-order valence-electron chi connectivity index (χ1n) is 8.75. The van der Waals surface area contributed by atoms with Crippen LogP contribution in [-0.4, -0.2) is 35.3 Å². The molecule has 0 saturated carbocycles. The molecule has 9 heteroatoms. The average molecular weight is 400 g/mol. The van der Waals surface area contributed by atoms with Crippen molar-refractivity contribution in [2.45, 2.75) is 26.4 Å². The first kappa shape index (κ1) is 21.5. The summed E-state index contributed by atoms with van der Waals surface area (Å²) in [6.45, 7) is 2.89.